The SMILES string of the molecule is CC(NC(=O)c1ccc(Cn2cc([N+](=O)[O-])cn2)cc1)c1ccccc1. The summed E-state index contributed by atoms with van der Waals surface area (Å²) in [5.74, 6) is -0.150. The van der Waals surface area contributed by atoms with Crippen molar-refractivity contribution in [3.63, 3.8) is 0 Å². The number of nitro groups is 1. The zero-order valence-electron chi connectivity index (χ0n) is 14.2. The van der Waals surface area contributed by atoms with Gasteiger partial charge < -0.3 is 5.32 Å². The van der Waals surface area contributed by atoms with Crippen LogP contribution in [0.3, 0.4) is 0 Å². The second-order valence-corrected chi connectivity index (χ2v) is 5.96. The second-order valence-electron chi connectivity index (χ2n) is 5.96. The molecule has 0 bridgehead atoms. The molecule has 2 aromatic carbocycles. The third-order valence-electron chi connectivity index (χ3n) is 4.04. The van der Waals surface area contributed by atoms with E-state index in [-0.39, 0.29) is 17.6 Å². The summed E-state index contributed by atoms with van der Waals surface area (Å²) in [4.78, 5) is 22.6. The van der Waals surface area contributed by atoms with Crippen molar-refractivity contribution in [3.8, 4) is 0 Å². The van der Waals surface area contributed by atoms with E-state index in [9.17, 15) is 14.9 Å². The Labute approximate surface area is 150 Å². The van der Waals surface area contributed by atoms with Gasteiger partial charge in [0.15, 0.2) is 0 Å². The van der Waals surface area contributed by atoms with Crippen LogP contribution in [-0.4, -0.2) is 20.6 Å². The Kier molecular flexibility index (Phi) is 5.07. The fourth-order valence-corrected chi connectivity index (χ4v) is 2.59. The number of benzene rings is 2. The molecule has 0 aliphatic rings. The Morgan fingerprint density at radius 3 is 2.50 bits per heavy atom. The molecule has 0 radical (unpaired) electrons. The summed E-state index contributed by atoms with van der Waals surface area (Å²) < 4.78 is 1.49. The van der Waals surface area contributed by atoms with Crippen molar-refractivity contribution in [2.24, 2.45) is 0 Å². The van der Waals surface area contributed by atoms with Gasteiger partial charge in [0.2, 0.25) is 0 Å². The number of nitrogens with zero attached hydrogens (tertiary/aromatic N) is 3. The molecular formula is C19H18N4O3. The van der Waals surface area contributed by atoms with Crippen LogP contribution in [-0.2, 0) is 6.54 Å². The molecule has 1 heterocycles. The highest BCUT2D eigenvalue weighted by atomic mass is 16.6. The van der Waals surface area contributed by atoms with Gasteiger partial charge in [-0.05, 0) is 30.2 Å². The maximum atomic E-state index is 12.4. The molecule has 0 aliphatic carbocycles. The van der Waals surface area contributed by atoms with Crippen LogP contribution in [0.1, 0.15) is 34.5 Å². The maximum Gasteiger partial charge on any atom is 0.307 e. The highest BCUT2D eigenvalue weighted by molar-refractivity contribution is 5.94. The Morgan fingerprint density at radius 2 is 1.88 bits per heavy atom. The topological polar surface area (TPSA) is 90.1 Å². The normalized spacial score (nSPS) is 11.7. The number of hydrogen-bond donors (Lipinski definition) is 1. The van der Waals surface area contributed by atoms with E-state index in [1.165, 1.54) is 17.1 Å². The van der Waals surface area contributed by atoms with E-state index < -0.39 is 4.92 Å². The number of rotatable bonds is 6. The molecule has 0 saturated heterocycles. The van der Waals surface area contributed by atoms with Gasteiger partial charge in [-0.25, -0.2) is 0 Å². The van der Waals surface area contributed by atoms with Crippen LogP contribution >= 0.6 is 0 Å². The summed E-state index contributed by atoms with van der Waals surface area (Å²) in [6, 6.07) is 16.8. The van der Waals surface area contributed by atoms with Gasteiger partial charge in [-0.15, -0.1) is 0 Å². The average molecular weight is 350 g/mol. The van der Waals surface area contributed by atoms with Crippen molar-refractivity contribution in [3.05, 3.63) is 93.8 Å². The summed E-state index contributed by atoms with van der Waals surface area (Å²) in [5.41, 5.74) is 2.45. The van der Waals surface area contributed by atoms with Crippen LogP contribution in [0, 0.1) is 10.1 Å². The molecule has 1 unspecified atom stereocenters. The highest BCUT2D eigenvalue weighted by Gasteiger charge is 2.12. The van der Waals surface area contributed by atoms with Crippen molar-refractivity contribution in [2.45, 2.75) is 19.5 Å². The van der Waals surface area contributed by atoms with Gasteiger partial charge >= 0.3 is 5.69 Å². The van der Waals surface area contributed by atoms with E-state index in [0.29, 0.717) is 12.1 Å². The number of aromatic nitrogens is 2. The predicted molar refractivity (Wildman–Crippen MR) is 96.7 cm³/mol. The Bertz CT molecular complexity index is 904. The van der Waals surface area contributed by atoms with Crippen molar-refractivity contribution in [1.82, 2.24) is 15.1 Å². The lowest BCUT2D eigenvalue weighted by Gasteiger charge is -2.14. The molecule has 3 rings (SSSR count). The quantitative estimate of drug-likeness (QED) is 0.545. The third-order valence-corrected chi connectivity index (χ3v) is 4.04. The van der Waals surface area contributed by atoms with E-state index in [4.69, 9.17) is 0 Å². The molecule has 1 aromatic heterocycles. The minimum Gasteiger partial charge on any atom is -0.346 e. The van der Waals surface area contributed by atoms with Gasteiger partial charge in [0.05, 0.1) is 17.5 Å². The van der Waals surface area contributed by atoms with Gasteiger partial charge in [0, 0.05) is 5.56 Å². The lowest BCUT2D eigenvalue weighted by atomic mass is 10.1. The molecule has 1 atom stereocenters. The summed E-state index contributed by atoms with van der Waals surface area (Å²) in [5, 5.41) is 17.6. The van der Waals surface area contributed by atoms with Crippen LogP contribution < -0.4 is 5.32 Å². The maximum absolute atomic E-state index is 12.4. The van der Waals surface area contributed by atoms with Crippen molar-refractivity contribution >= 4 is 11.6 Å². The zero-order chi connectivity index (χ0) is 18.5. The van der Waals surface area contributed by atoms with E-state index in [2.05, 4.69) is 10.4 Å². The molecule has 0 fully saturated rings. The Hall–Kier alpha value is -3.48. The fraction of sp³-hybridized carbons (Fsp3) is 0.158. The molecule has 1 amide bonds. The number of amides is 1. The summed E-state index contributed by atoms with van der Waals surface area (Å²) in [6.45, 7) is 2.34. The van der Waals surface area contributed by atoms with Crippen LogP contribution in [0.5, 0.6) is 0 Å². The summed E-state index contributed by atoms with van der Waals surface area (Å²) in [7, 11) is 0. The first kappa shape index (κ1) is 17.3. The Morgan fingerprint density at radius 1 is 1.19 bits per heavy atom. The second kappa shape index (κ2) is 7.60. The van der Waals surface area contributed by atoms with E-state index in [1.54, 1.807) is 12.1 Å². The first-order valence-corrected chi connectivity index (χ1v) is 8.14. The molecule has 7 heteroatoms. The molecular weight excluding hydrogens is 332 g/mol. The minimum atomic E-state index is -0.481. The van der Waals surface area contributed by atoms with Crippen LogP contribution in [0.25, 0.3) is 0 Å². The van der Waals surface area contributed by atoms with E-state index in [1.807, 2.05) is 49.4 Å². The smallest absolute Gasteiger partial charge is 0.307 e. The molecule has 3 aromatic rings. The molecule has 0 saturated carbocycles. The van der Waals surface area contributed by atoms with Gasteiger partial charge in [-0.1, -0.05) is 42.5 Å². The van der Waals surface area contributed by atoms with Gasteiger partial charge in [0.25, 0.3) is 5.91 Å². The lowest BCUT2D eigenvalue weighted by molar-refractivity contribution is -0.385. The number of hydrogen-bond acceptors (Lipinski definition) is 4. The Balaban J connectivity index is 1.63. The van der Waals surface area contributed by atoms with Gasteiger partial charge in [0.1, 0.15) is 12.4 Å². The van der Waals surface area contributed by atoms with Crippen LogP contribution in [0.15, 0.2) is 67.0 Å². The summed E-state index contributed by atoms with van der Waals surface area (Å²) >= 11 is 0. The largest absolute Gasteiger partial charge is 0.346 e. The van der Waals surface area contributed by atoms with Crippen LogP contribution in [0.2, 0.25) is 0 Å². The summed E-state index contributed by atoms with van der Waals surface area (Å²) in [6.07, 6.45) is 2.59. The van der Waals surface area contributed by atoms with E-state index in [0.717, 1.165) is 11.1 Å². The third kappa shape index (κ3) is 4.13. The monoisotopic (exact) mass is 350 g/mol. The number of carbonyl (C=O) groups is 1. The average Bonchev–Trinajstić information content (AvgIpc) is 3.12. The van der Waals surface area contributed by atoms with Gasteiger partial charge in [-0.3, -0.25) is 19.6 Å². The van der Waals surface area contributed by atoms with Crippen LogP contribution in [0.4, 0.5) is 5.69 Å². The highest BCUT2D eigenvalue weighted by Crippen LogP contribution is 2.14. The van der Waals surface area contributed by atoms with Crippen molar-refractivity contribution in [1.29, 1.82) is 0 Å². The number of carbonyl (C=O) groups excluding carboxylic acids is 1. The first-order valence-electron chi connectivity index (χ1n) is 8.14. The molecule has 0 aliphatic heterocycles. The zero-order valence-corrected chi connectivity index (χ0v) is 14.2. The molecule has 0 spiro atoms. The fourth-order valence-electron chi connectivity index (χ4n) is 2.59. The van der Waals surface area contributed by atoms with Crippen molar-refractivity contribution < 1.29 is 9.72 Å². The molecule has 1 N–H and O–H groups in total. The van der Waals surface area contributed by atoms with Gasteiger partial charge in [-0.2, -0.15) is 5.10 Å². The molecule has 132 valence electrons. The first-order chi connectivity index (χ1) is 12.5. The predicted octanol–water partition coefficient (Wildman–Crippen LogP) is 3.33. The minimum absolute atomic E-state index is 0.0455. The number of nitrogens with one attached hydrogen (secondary N) is 1. The standard InChI is InChI=1S/C19H18N4O3/c1-14(16-5-3-2-4-6-16)21-19(24)17-9-7-15(8-10-17)12-22-13-18(11-20-22)23(25)26/h2-11,13-14H,12H2,1H3,(H,21,24). The molecule has 26 heavy (non-hydrogen) atoms. The lowest BCUT2D eigenvalue weighted by Crippen LogP contribution is -2.26. The van der Waals surface area contributed by atoms with Crippen molar-refractivity contribution in [2.75, 3.05) is 0 Å². The van der Waals surface area contributed by atoms with E-state index >= 15 is 0 Å². The molecule has 7 nitrogen and oxygen atoms in total.